The molecule has 2 aromatic carbocycles. The molecule has 0 spiro atoms. The predicted octanol–water partition coefficient (Wildman–Crippen LogP) is 2.92. The van der Waals surface area contributed by atoms with Gasteiger partial charge in [0, 0.05) is 11.5 Å². The molecule has 3 nitrogen and oxygen atoms in total. The Hall–Kier alpha value is -2.26. The standard InChI is InChI=1S/C19H19NO2/c1-20-16(13-21)12-17(14-8-4-2-5-9-14)18(20)19(22)15-10-6-3-7-11-15/h2-11,13,16-18H,12H2,1H3. The summed E-state index contributed by atoms with van der Waals surface area (Å²) in [7, 11) is 1.87. The number of carbonyl (C=O) groups is 2. The Kier molecular flexibility index (Phi) is 4.16. The summed E-state index contributed by atoms with van der Waals surface area (Å²) in [6.45, 7) is 0. The van der Waals surface area contributed by atoms with Gasteiger partial charge in [-0.25, -0.2) is 0 Å². The minimum absolute atomic E-state index is 0.0501. The van der Waals surface area contributed by atoms with Gasteiger partial charge in [0.05, 0.1) is 12.1 Å². The molecule has 1 fully saturated rings. The zero-order chi connectivity index (χ0) is 15.5. The van der Waals surface area contributed by atoms with E-state index in [9.17, 15) is 9.59 Å². The van der Waals surface area contributed by atoms with Crippen molar-refractivity contribution in [3.05, 3.63) is 71.8 Å². The van der Waals surface area contributed by atoms with Gasteiger partial charge in [-0.3, -0.25) is 9.69 Å². The molecule has 3 rings (SSSR count). The lowest BCUT2D eigenvalue weighted by Crippen LogP contribution is -2.40. The van der Waals surface area contributed by atoms with Crippen LogP contribution in [0, 0.1) is 0 Å². The first-order valence-electron chi connectivity index (χ1n) is 7.54. The van der Waals surface area contributed by atoms with Crippen LogP contribution in [0.4, 0.5) is 0 Å². The Morgan fingerprint density at radius 1 is 1.05 bits per heavy atom. The summed E-state index contributed by atoms with van der Waals surface area (Å²) < 4.78 is 0. The van der Waals surface area contributed by atoms with Crippen LogP contribution < -0.4 is 0 Å². The van der Waals surface area contributed by atoms with E-state index in [4.69, 9.17) is 0 Å². The number of likely N-dealkylation sites (tertiary alicyclic amines) is 1. The summed E-state index contributed by atoms with van der Waals surface area (Å²) in [4.78, 5) is 26.2. The van der Waals surface area contributed by atoms with Crippen LogP contribution in [0.1, 0.15) is 28.3 Å². The van der Waals surface area contributed by atoms with Crippen LogP contribution in [0.2, 0.25) is 0 Å². The maximum atomic E-state index is 12.9. The van der Waals surface area contributed by atoms with Gasteiger partial charge in [0.15, 0.2) is 5.78 Å². The molecule has 1 heterocycles. The highest BCUT2D eigenvalue weighted by Crippen LogP contribution is 2.37. The lowest BCUT2D eigenvalue weighted by molar-refractivity contribution is -0.111. The van der Waals surface area contributed by atoms with Crippen molar-refractivity contribution in [1.82, 2.24) is 4.90 Å². The molecule has 0 radical (unpaired) electrons. The highest BCUT2D eigenvalue weighted by atomic mass is 16.1. The third-order valence-corrected chi connectivity index (χ3v) is 4.55. The number of aldehydes is 1. The van der Waals surface area contributed by atoms with E-state index in [0.717, 1.165) is 11.8 Å². The van der Waals surface area contributed by atoms with Crippen molar-refractivity contribution in [3.63, 3.8) is 0 Å². The van der Waals surface area contributed by atoms with Gasteiger partial charge < -0.3 is 4.79 Å². The molecule has 2 aromatic rings. The van der Waals surface area contributed by atoms with Crippen LogP contribution in [0.15, 0.2) is 60.7 Å². The van der Waals surface area contributed by atoms with Gasteiger partial charge >= 0.3 is 0 Å². The highest BCUT2D eigenvalue weighted by Gasteiger charge is 2.43. The molecule has 3 unspecified atom stereocenters. The molecular formula is C19H19NO2. The summed E-state index contributed by atoms with van der Waals surface area (Å²) >= 11 is 0. The molecule has 112 valence electrons. The molecule has 1 saturated heterocycles. The molecule has 0 saturated carbocycles. The topological polar surface area (TPSA) is 37.4 Å². The van der Waals surface area contributed by atoms with E-state index in [1.807, 2.05) is 72.6 Å². The zero-order valence-corrected chi connectivity index (χ0v) is 12.6. The number of hydrogen-bond donors (Lipinski definition) is 0. The fourth-order valence-electron chi connectivity index (χ4n) is 3.36. The van der Waals surface area contributed by atoms with E-state index in [-0.39, 0.29) is 23.8 Å². The van der Waals surface area contributed by atoms with Gasteiger partial charge in [-0.2, -0.15) is 0 Å². The smallest absolute Gasteiger partial charge is 0.180 e. The third kappa shape index (κ3) is 2.60. The molecule has 0 aliphatic carbocycles. The van der Waals surface area contributed by atoms with Crippen molar-refractivity contribution < 1.29 is 9.59 Å². The molecule has 0 bridgehead atoms. The molecule has 0 amide bonds. The second kappa shape index (κ2) is 6.24. The maximum absolute atomic E-state index is 12.9. The predicted molar refractivity (Wildman–Crippen MR) is 86.0 cm³/mol. The van der Waals surface area contributed by atoms with Crippen LogP contribution in [-0.4, -0.2) is 36.1 Å². The van der Waals surface area contributed by atoms with Crippen molar-refractivity contribution in [2.75, 3.05) is 7.05 Å². The number of hydrogen-bond acceptors (Lipinski definition) is 3. The molecule has 0 N–H and O–H groups in total. The number of likely N-dealkylation sites (N-methyl/N-ethyl adjacent to an activating group) is 1. The van der Waals surface area contributed by atoms with Gasteiger partial charge in [0.25, 0.3) is 0 Å². The number of ketones is 1. The van der Waals surface area contributed by atoms with E-state index >= 15 is 0 Å². The van der Waals surface area contributed by atoms with E-state index in [1.165, 1.54) is 0 Å². The summed E-state index contributed by atoms with van der Waals surface area (Å²) in [5, 5.41) is 0. The highest BCUT2D eigenvalue weighted by molar-refractivity contribution is 6.01. The van der Waals surface area contributed by atoms with Crippen molar-refractivity contribution in [1.29, 1.82) is 0 Å². The summed E-state index contributed by atoms with van der Waals surface area (Å²) in [6, 6.07) is 18.8. The minimum Gasteiger partial charge on any atom is -0.302 e. The largest absolute Gasteiger partial charge is 0.302 e. The fourth-order valence-corrected chi connectivity index (χ4v) is 3.36. The molecule has 3 atom stereocenters. The Balaban J connectivity index is 1.98. The normalized spacial score (nSPS) is 25.0. The van der Waals surface area contributed by atoms with E-state index in [2.05, 4.69) is 0 Å². The van der Waals surface area contributed by atoms with E-state index < -0.39 is 0 Å². The SMILES string of the molecule is CN1C(C=O)CC(c2ccccc2)C1C(=O)c1ccccc1. The minimum atomic E-state index is -0.292. The number of Topliss-reactive ketones (excluding diaryl/α,β-unsaturated/α-hetero) is 1. The average molecular weight is 293 g/mol. The van der Waals surface area contributed by atoms with Gasteiger partial charge in [0.2, 0.25) is 0 Å². The fraction of sp³-hybridized carbons (Fsp3) is 0.263. The first kappa shape index (κ1) is 14.7. The number of nitrogens with zero attached hydrogens (tertiary/aromatic N) is 1. The molecule has 0 aromatic heterocycles. The summed E-state index contributed by atoms with van der Waals surface area (Å²) in [5.41, 5.74) is 1.82. The maximum Gasteiger partial charge on any atom is 0.180 e. The van der Waals surface area contributed by atoms with E-state index in [1.54, 1.807) is 0 Å². The van der Waals surface area contributed by atoms with Gasteiger partial charge in [0.1, 0.15) is 6.29 Å². The summed E-state index contributed by atoms with van der Waals surface area (Å²) in [5.74, 6) is 0.135. The Labute approximate surface area is 130 Å². The second-order valence-corrected chi connectivity index (χ2v) is 5.80. The van der Waals surface area contributed by atoms with Crippen molar-refractivity contribution in [2.45, 2.75) is 24.4 Å². The first-order chi connectivity index (χ1) is 10.7. The molecular weight excluding hydrogens is 274 g/mol. The second-order valence-electron chi connectivity index (χ2n) is 5.80. The number of benzene rings is 2. The van der Waals surface area contributed by atoms with Crippen LogP contribution >= 0.6 is 0 Å². The van der Waals surface area contributed by atoms with Gasteiger partial charge in [-0.1, -0.05) is 60.7 Å². The number of carbonyl (C=O) groups excluding carboxylic acids is 2. The quantitative estimate of drug-likeness (QED) is 0.642. The van der Waals surface area contributed by atoms with Gasteiger partial charge in [-0.15, -0.1) is 0 Å². The monoisotopic (exact) mass is 293 g/mol. The van der Waals surface area contributed by atoms with E-state index in [0.29, 0.717) is 12.0 Å². The third-order valence-electron chi connectivity index (χ3n) is 4.55. The molecule has 3 heteroatoms. The summed E-state index contributed by atoms with van der Waals surface area (Å²) in [6.07, 6.45) is 1.64. The Bertz CT molecular complexity index is 654. The van der Waals surface area contributed by atoms with Gasteiger partial charge in [-0.05, 0) is 19.0 Å². The Morgan fingerprint density at radius 3 is 2.23 bits per heavy atom. The lowest BCUT2D eigenvalue weighted by Gasteiger charge is -2.25. The molecule has 1 aliphatic heterocycles. The average Bonchev–Trinajstić information content (AvgIpc) is 2.92. The van der Waals surface area contributed by atoms with Crippen molar-refractivity contribution >= 4 is 12.1 Å². The number of rotatable bonds is 4. The van der Waals surface area contributed by atoms with Crippen LogP contribution in [0.5, 0.6) is 0 Å². The van der Waals surface area contributed by atoms with Crippen molar-refractivity contribution in [2.24, 2.45) is 0 Å². The van der Waals surface area contributed by atoms with Crippen LogP contribution in [-0.2, 0) is 4.79 Å². The van der Waals surface area contributed by atoms with Crippen LogP contribution in [0.3, 0.4) is 0 Å². The Morgan fingerprint density at radius 2 is 1.64 bits per heavy atom. The molecule has 1 aliphatic rings. The lowest BCUT2D eigenvalue weighted by atomic mass is 9.87. The first-order valence-corrected chi connectivity index (χ1v) is 7.54. The zero-order valence-electron chi connectivity index (χ0n) is 12.6. The molecule has 22 heavy (non-hydrogen) atoms. The van der Waals surface area contributed by atoms with Crippen molar-refractivity contribution in [3.8, 4) is 0 Å². The van der Waals surface area contributed by atoms with Crippen LogP contribution in [0.25, 0.3) is 0 Å².